The molecular formula is C24H28N4O3. The zero-order chi connectivity index (χ0) is 21.4. The molecule has 2 aromatic rings. The lowest BCUT2D eigenvalue weighted by Crippen LogP contribution is -2.55. The number of piperidine rings is 1. The Morgan fingerprint density at radius 2 is 1.81 bits per heavy atom. The van der Waals surface area contributed by atoms with Crippen LogP contribution < -0.4 is 15.1 Å². The molecule has 7 heteroatoms. The number of anilines is 3. The van der Waals surface area contributed by atoms with Gasteiger partial charge in [-0.15, -0.1) is 0 Å². The summed E-state index contributed by atoms with van der Waals surface area (Å²) < 4.78 is 5.40. The van der Waals surface area contributed by atoms with Crippen molar-refractivity contribution in [2.24, 2.45) is 0 Å². The van der Waals surface area contributed by atoms with Gasteiger partial charge in [-0.25, -0.2) is 0 Å². The molecule has 1 unspecified atom stereocenters. The first-order chi connectivity index (χ1) is 15.1. The van der Waals surface area contributed by atoms with Crippen LogP contribution in [0.2, 0.25) is 0 Å². The van der Waals surface area contributed by atoms with Gasteiger partial charge in [0.1, 0.15) is 6.17 Å². The third-order valence-corrected chi connectivity index (χ3v) is 6.55. The number of hydrogen-bond donors (Lipinski definition) is 1. The topological polar surface area (TPSA) is 65.1 Å². The Kier molecular flexibility index (Phi) is 5.28. The van der Waals surface area contributed by atoms with Gasteiger partial charge >= 0.3 is 0 Å². The third-order valence-electron chi connectivity index (χ3n) is 6.55. The molecule has 2 aromatic carbocycles. The van der Waals surface area contributed by atoms with E-state index in [-0.39, 0.29) is 18.0 Å². The molecule has 162 valence electrons. The van der Waals surface area contributed by atoms with Gasteiger partial charge < -0.3 is 24.8 Å². The predicted octanol–water partition coefficient (Wildman–Crippen LogP) is 3.18. The summed E-state index contributed by atoms with van der Waals surface area (Å²) in [5, 5.41) is 2.98. The predicted molar refractivity (Wildman–Crippen MR) is 121 cm³/mol. The largest absolute Gasteiger partial charge is 0.378 e. The molecule has 2 amide bonds. The van der Waals surface area contributed by atoms with Crippen LogP contribution in [-0.2, 0) is 4.74 Å². The van der Waals surface area contributed by atoms with Crippen molar-refractivity contribution < 1.29 is 14.3 Å². The molecule has 5 rings (SSSR count). The van der Waals surface area contributed by atoms with E-state index in [0.717, 1.165) is 69.2 Å². The van der Waals surface area contributed by atoms with E-state index in [0.29, 0.717) is 11.1 Å². The quantitative estimate of drug-likeness (QED) is 0.826. The Morgan fingerprint density at radius 3 is 2.58 bits per heavy atom. The van der Waals surface area contributed by atoms with E-state index in [4.69, 9.17) is 4.74 Å². The third kappa shape index (κ3) is 3.74. The van der Waals surface area contributed by atoms with E-state index in [2.05, 4.69) is 15.1 Å². The van der Waals surface area contributed by atoms with Gasteiger partial charge in [0.05, 0.1) is 24.5 Å². The van der Waals surface area contributed by atoms with Gasteiger partial charge in [0.2, 0.25) is 0 Å². The van der Waals surface area contributed by atoms with Gasteiger partial charge in [0.15, 0.2) is 0 Å². The summed E-state index contributed by atoms with van der Waals surface area (Å²) in [6, 6.07) is 13.3. The van der Waals surface area contributed by atoms with Crippen molar-refractivity contribution in [1.82, 2.24) is 4.90 Å². The Hall–Kier alpha value is -3.06. The molecule has 2 fully saturated rings. The standard InChI is InChI=1S/C24H28N4O3/c1-26-21-16-17(5-10-20(21)24(30)28-11-3-2-4-22(26)28)23(29)25-18-6-8-19(9-7-18)27-12-14-31-15-13-27/h5-10,16,22H,2-4,11-15H2,1H3,(H,25,29). The van der Waals surface area contributed by atoms with Crippen LogP contribution in [-0.4, -0.2) is 62.8 Å². The SMILES string of the molecule is CN1c2cc(C(=O)Nc3ccc(N4CCOCC4)cc3)ccc2C(=O)N2CCCCC21. The summed E-state index contributed by atoms with van der Waals surface area (Å²) in [5.74, 6) is -0.0997. The monoisotopic (exact) mass is 420 g/mol. The van der Waals surface area contributed by atoms with Crippen LogP contribution in [0.3, 0.4) is 0 Å². The highest BCUT2D eigenvalue weighted by Crippen LogP contribution is 2.35. The first-order valence-electron chi connectivity index (χ1n) is 11.0. The molecule has 1 atom stereocenters. The van der Waals surface area contributed by atoms with E-state index in [1.807, 2.05) is 42.3 Å². The van der Waals surface area contributed by atoms with Crippen LogP contribution in [0.15, 0.2) is 42.5 Å². The molecule has 31 heavy (non-hydrogen) atoms. The van der Waals surface area contributed by atoms with Gasteiger partial charge in [-0.2, -0.15) is 0 Å². The second-order valence-electron chi connectivity index (χ2n) is 8.42. The van der Waals surface area contributed by atoms with Crippen LogP contribution in [0.4, 0.5) is 17.1 Å². The molecule has 1 N–H and O–H groups in total. The molecule has 3 aliphatic heterocycles. The summed E-state index contributed by atoms with van der Waals surface area (Å²) in [6.45, 7) is 4.05. The van der Waals surface area contributed by atoms with Crippen LogP contribution >= 0.6 is 0 Å². The maximum atomic E-state index is 12.9. The number of ether oxygens (including phenoxy) is 1. The van der Waals surface area contributed by atoms with Crippen LogP contribution in [0.25, 0.3) is 0 Å². The fourth-order valence-electron chi connectivity index (χ4n) is 4.79. The molecule has 0 aromatic heterocycles. The van der Waals surface area contributed by atoms with Gasteiger partial charge in [0, 0.05) is 43.6 Å². The van der Waals surface area contributed by atoms with E-state index in [1.165, 1.54) is 0 Å². The number of nitrogens with zero attached hydrogens (tertiary/aromatic N) is 3. The first kappa shape index (κ1) is 19.9. The molecule has 0 radical (unpaired) electrons. The number of carbonyl (C=O) groups excluding carboxylic acids is 2. The lowest BCUT2D eigenvalue weighted by molar-refractivity contribution is 0.0589. The molecule has 0 spiro atoms. The Morgan fingerprint density at radius 1 is 1.03 bits per heavy atom. The zero-order valence-electron chi connectivity index (χ0n) is 17.8. The number of amides is 2. The second-order valence-corrected chi connectivity index (χ2v) is 8.42. The van der Waals surface area contributed by atoms with Crippen molar-refractivity contribution in [2.75, 3.05) is 55.0 Å². The Balaban J connectivity index is 1.32. The maximum absolute atomic E-state index is 12.9. The Bertz CT molecular complexity index is 985. The van der Waals surface area contributed by atoms with Gasteiger partial charge in [-0.3, -0.25) is 9.59 Å². The van der Waals surface area contributed by atoms with Gasteiger partial charge in [0.25, 0.3) is 11.8 Å². The Labute approximate surface area is 182 Å². The highest BCUT2D eigenvalue weighted by atomic mass is 16.5. The van der Waals surface area contributed by atoms with Gasteiger partial charge in [-0.05, 0) is 61.7 Å². The lowest BCUT2D eigenvalue weighted by atomic mass is 9.97. The average Bonchev–Trinajstić information content (AvgIpc) is 2.83. The van der Waals surface area contributed by atoms with Crippen molar-refractivity contribution in [2.45, 2.75) is 25.4 Å². The number of benzene rings is 2. The van der Waals surface area contributed by atoms with Crippen molar-refractivity contribution in [3.05, 3.63) is 53.6 Å². The summed E-state index contributed by atoms with van der Waals surface area (Å²) in [7, 11) is 2.01. The van der Waals surface area contributed by atoms with E-state index in [1.54, 1.807) is 12.1 Å². The summed E-state index contributed by atoms with van der Waals surface area (Å²) >= 11 is 0. The number of hydrogen-bond acceptors (Lipinski definition) is 5. The summed E-state index contributed by atoms with van der Waals surface area (Å²) in [6.07, 6.45) is 3.22. The molecule has 0 aliphatic carbocycles. The highest BCUT2D eigenvalue weighted by molar-refractivity contribution is 6.08. The summed E-state index contributed by atoms with van der Waals surface area (Å²) in [5.41, 5.74) is 3.95. The van der Waals surface area contributed by atoms with Crippen LogP contribution in [0.1, 0.15) is 40.0 Å². The molecular weight excluding hydrogens is 392 g/mol. The number of fused-ring (bicyclic) bond motifs is 2. The zero-order valence-corrected chi connectivity index (χ0v) is 17.8. The van der Waals surface area contributed by atoms with Crippen molar-refractivity contribution in [3.8, 4) is 0 Å². The maximum Gasteiger partial charge on any atom is 0.257 e. The minimum Gasteiger partial charge on any atom is -0.378 e. The van der Waals surface area contributed by atoms with E-state index < -0.39 is 0 Å². The van der Waals surface area contributed by atoms with Crippen molar-refractivity contribution in [1.29, 1.82) is 0 Å². The number of rotatable bonds is 3. The normalized spacial score (nSPS) is 20.9. The molecule has 2 saturated heterocycles. The fraction of sp³-hybridized carbons (Fsp3) is 0.417. The molecule has 0 bridgehead atoms. The summed E-state index contributed by atoms with van der Waals surface area (Å²) in [4.78, 5) is 32.2. The van der Waals surface area contributed by atoms with E-state index >= 15 is 0 Å². The molecule has 3 heterocycles. The minimum atomic E-state index is -0.172. The molecule has 3 aliphatic rings. The number of carbonyl (C=O) groups is 2. The highest BCUT2D eigenvalue weighted by Gasteiger charge is 2.37. The van der Waals surface area contributed by atoms with Crippen LogP contribution in [0.5, 0.6) is 0 Å². The fourth-order valence-corrected chi connectivity index (χ4v) is 4.79. The smallest absolute Gasteiger partial charge is 0.257 e. The van der Waals surface area contributed by atoms with E-state index in [9.17, 15) is 9.59 Å². The average molecular weight is 421 g/mol. The lowest BCUT2D eigenvalue weighted by Gasteiger charge is -2.46. The first-order valence-corrected chi connectivity index (χ1v) is 11.0. The molecule has 7 nitrogen and oxygen atoms in total. The number of nitrogens with one attached hydrogen (secondary N) is 1. The molecule has 0 saturated carbocycles. The van der Waals surface area contributed by atoms with Gasteiger partial charge in [-0.1, -0.05) is 0 Å². The van der Waals surface area contributed by atoms with Crippen LogP contribution in [0, 0.1) is 0 Å². The van der Waals surface area contributed by atoms with Crippen molar-refractivity contribution in [3.63, 3.8) is 0 Å². The number of morpholine rings is 1. The minimum absolute atomic E-state index is 0.0726. The van der Waals surface area contributed by atoms with Crippen molar-refractivity contribution >= 4 is 28.9 Å². The second kappa shape index (κ2) is 8.23.